The molecule has 0 saturated heterocycles. The fourth-order valence-corrected chi connectivity index (χ4v) is 0.814. The van der Waals surface area contributed by atoms with Crippen molar-refractivity contribution in [2.45, 2.75) is 6.43 Å². The van der Waals surface area contributed by atoms with Gasteiger partial charge in [0.25, 0.3) is 6.43 Å². The topological polar surface area (TPSA) is 63.0 Å². The number of aromatic nitrogens is 1. The number of hydrogen-bond acceptors (Lipinski definition) is 4. The molecule has 0 amide bonds. The third-order valence-electron chi connectivity index (χ3n) is 1.37. The highest BCUT2D eigenvalue weighted by Crippen LogP contribution is 2.10. The van der Waals surface area contributed by atoms with Gasteiger partial charge in [0.1, 0.15) is 5.82 Å². The van der Waals surface area contributed by atoms with E-state index >= 15 is 0 Å². The number of hydrazine groups is 1. The normalized spacial score (nSPS) is 10.2. The van der Waals surface area contributed by atoms with Gasteiger partial charge in [0.2, 0.25) is 0 Å². The lowest BCUT2D eigenvalue weighted by atomic mass is 10.4. The number of nitrogen functional groups attached to an aromatic ring is 1. The van der Waals surface area contributed by atoms with Crippen LogP contribution >= 0.6 is 0 Å². The van der Waals surface area contributed by atoms with Gasteiger partial charge in [0.15, 0.2) is 0 Å². The first-order valence-electron chi connectivity index (χ1n) is 3.67. The molecule has 0 spiro atoms. The number of pyridine rings is 1. The SMILES string of the molecule is NNc1cc(NCC(F)F)ccn1. The van der Waals surface area contributed by atoms with Gasteiger partial charge in [-0.05, 0) is 6.07 Å². The molecule has 0 bridgehead atoms. The molecule has 1 aromatic rings. The first-order chi connectivity index (χ1) is 6.22. The van der Waals surface area contributed by atoms with Crippen LogP contribution in [0.25, 0.3) is 0 Å². The summed E-state index contributed by atoms with van der Waals surface area (Å²) in [5.41, 5.74) is 2.87. The number of hydrogen-bond donors (Lipinski definition) is 3. The average molecular weight is 188 g/mol. The number of nitrogens with two attached hydrogens (primary N) is 1. The van der Waals surface area contributed by atoms with Crippen LogP contribution in [-0.2, 0) is 0 Å². The molecular weight excluding hydrogens is 178 g/mol. The highest BCUT2D eigenvalue weighted by atomic mass is 19.3. The zero-order valence-corrected chi connectivity index (χ0v) is 6.80. The summed E-state index contributed by atoms with van der Waals surface area (Å²) in [5, 5.41) is 2.53. The summed E-state index contributed by atoms with van der Waals surface area (Å²) < 4.78 is 23.6. The minimum absolute atomic E-state index is 0.381. The van der Waals surface area contributed by atoms with E-state index in [0.29, 0.717) is 11.5 Å². The van der Waals surface area contributed by atoms with Crippen molar-refractivity contribution in [3.8, 4) is 0 Å². The maximum atomic E-state index is 11.8. The molecule has 4 nitrogen and oxygen atoms in total. The lowest BCUT2D eigenvalue weighted by Gasteiger charge is -2.06. The van der Waals surface area contributed by atoms with E-state index in [-0.39, 0.29) is 6.54 Å². The van der Waals surface area contributed by atoms with Crippen molar-refractivity contribution < 1.29 is 8.78 Å². The van der Waals surface area contributed by atoms with Gasteiger partial charge in [-0.1, -0.05) is 0 Å². The summed E-state index contributed by atoms with van der Waals surface area (Å²) in [6, 6.07) is 3.13. The van der Waals surface area contributed by atoms with Crippen LogP contribution in [0, 0.1) is 0 Å². The van der Waals surface area contributed by atoms with Crippen molar-refractivity contribution in [2.75, 3.05) is 17.3 Å². The molecule has 0 aliphatic rings. The van der Waals surface area contributed by atoms with Gasteiger partial charge in [-0.25, -0.2) is 19.6 Å². The average Bonchev–Trinajstić information content (AvgIpc) is 2.15. The van der Waals surface area contributed by atoms with E-state index in [1.54, 1.807) is 12.1 Å². The number of anilines is 2. The van der Waals surface area contributed by atoms with Gasteiger partial charge in [-0.3, -0.25) is 0 Å². The molecule has 0 saturated carbocycles. The van der Waals surface area contributed by atoms with Crippen LogP contribution in [0.1, 0.15) is 0 Å². The van der Waals surface area contributed by atoms with Gasteiger partial charge in [0, 0.05) is 18.0 Å². The quantitative estimate of drug-likeness (QED) is 0.488. The molecule has 0 radical (unpaired) electrons. The smallest absolute Gasteiger partial charge is 0.255 e. The van der Waals surface area contributed by atoms with E-state index in [1.165, 1.54) is 6.20 Å². The minimum atomic E-state index is -2.37. The van der Waals surface area contributed by atoms with Crippen molar-refractivity contribution in [3.05, 3.63) is 18.3 Å². The molecule has 1 rings (SSSR count). The molecule has 0 fully saturated rings. The van der Waals surface area contributed by atoms with E-state index in [1.807, 2.05) is 0 Å². The maximum absolute atomic E-state index is 11.8. The number of alkyl halides is 2. The molecule has 4 N–H and O–H groups in total. The Kier molecular flexibility index (Phi) is 3.39. The van der Waals surface area contributed by atoms with Gasteiger partial charge in [-0.15, -0.1) is 0 Å². The number of halogens is 2. The predicted molar refractivity (Wildman–Crippen MR) is 46.5 cm³/mol. The Balaban J connectivity index is 2.56. The van der Waals surface area contributed by atoms with Crippen molar-refractivity contribution >= 4 is 11.5 Å². The van der Waals surface area contributed by atoms with Gasteiger partial charge < -0.3 is 10.7 Å². The molecular formula is C7H10F2N4. The maximum Gasteiger partial charge on any atom is 0.255 e. The van der Waals surface area contributed by atoms with Crippen LogP contribution in [0.4, 0.5) is 20.3 Å². The van der Waals surface area contributed by atoms with Crippen LogP contribution in [0.3, 0.4) is 0 Å². The summed E-state index contributed by atoms with van der Waals surface area (Å²) in [5.74, 6) is 5.52. The third kappa shape index (κ3) is 3.20. The number of nitrogens with zero attached hydrogens (tertiary/aromatic N) is 1. The standard InChI is InChI=1S/C7H10F2N4/c8-6(9)4-12-5-1-2-11-7(3-5)13-10/h1-3,6H,4,10H2,(H2,11,12,13). The monoisotopic (exact) mass is 188 g/mol. The van der Waals surface area contributed by atoms with Crippen LogP contribution in [0.5, 0.6) is 0 Å². The number of rotatable bonds is 4. The second-order valence-electron chi connectivity index (χ2n) is 2.35. The van der Waals surface area contributed by atoms with Crippen LogP contribution in [0.15, 0.2) is 18.3 Å². The van der Waals surface area contributed by atoms with Crippen LogP contribution < -0.4 is 16.6 Å². The molecule has 0 aliphatic carbocycles. The Morgan fingerprint density at radius 2 is 2.31 bits per heavy atom. The van der Waals surface area contributed by atoms with Crippen molar-refractivity contribution in [2.24, 2.45) is 5.84 Å². The van der Waals surface area contributed by atoms with Crippen LogP contribution in [0.2, 0.25) is 0 Å². The molecule has 13 heavy (non-hydrogen) atoms. The van der Waals surface area contributed by atoms with E-state index in [4.69, 9.17) is 5.84 Å². The van der Waals surface area contributed by atoms with Gasteiger partial charge in [-0.2, -0.15) is 0 Å². The van der Waals surface area contributed by atoms with Gasteiger partial charge >= 0.3 is 0 Å². The summed E-state index contributed by atoms with van der Waals surface area (Å²) in [4.78, 5) is 3.82. The highest BCUT2D eigenvalue weighted by Gasteiger charge is 2.01. The summed E-state index contributed by atoms with van der Waals surface area (Å²) in [7, 11) is 0. The Hall–Kier alpha value is -1.43. The van der Waals surface area contributed by atoms with Crippen molar-refractivity contribution in [1.82, 2.24) is 4.98 Å². The Morgan fingerprint density at radius 1 is 1.54 bits per heavy atom. The minimum Gasteiger partial charge on any atom is -0.379 e. The lowest BCUT2D eigenvalue weighted by molar-refractivity contribution is 0.163. The first-order valence-corrected chi connectivity index (χ1v) is 3.67. The third-order valence-corrected chi connectivity index (χ3v) is 1.37. The lowest BCUT2D eigenvalue weighted by Crippen LogP contribution is -2.12. The van der Waals surface area contributed by atoms with E-state index in [2.05, 4.69) is 15.7 Å². The Morgan fingerprint density at radius 3 is 2.92 bits per heavy atom. The fraction of sp³-hybridized carbons (Fsp3) is 0.286. The fourth-order valence-electron chi connectivity index (χ4n) is 0.814. The molecule has 0 atom stereocenters. The molecule has 72 valence electrons. The van der Waals surface area contributed by atoms with Crippen molar-refractivity contribution in [3.63, 3.8) is 0 Å². The molecule has 6 heteroatoms. The van der Waals surface area contributed by atoms with E-state index < -0.39 is 6.43 Å². The summed E-state index contributed by atoms with van der Waals surface area (Å²) >= 11 is 0. The first kappa shape index (κ1) is 9.66. The van der Waals surface area contributed by atoms with Crippen molar-refractivity contribution in [1.29, 1.82) is 0 Å². The second kappa shape index (κ2) is 4.56. The van der Waals surface area contributed by atoms with Crippen LogP contribution in [-0.4, -0.2) is 18.0 Å². The summed E-state index contributed by atoms with van der Waals surface area (Å²) in [6.45, 7) is -0.381. The molecule has 1 aromatic heterocycles. The second-order valence-corrected chi connectivity index (χ2v) is 2.35. The highest BCUT2D eigenvalue weighted by molar-refractivity contribution is 5.51. The molecule has 0 aliphatic heterocycles. The Labute approximate surface area is 74.1 Å². The van der Waals surface area contributed by atoms with Gasteiger partial charge in [0.05, 0.1) is 6.54 Å². The largest absolute Gasteiger partial charge is 0.379 e. The zero-order chi connectivity index (χ0) is 9.68. The molecule has 0 unspecified atom stereocenters. The van der Waals surface area contributed by atoms with E-state index in [9.17, 15) is 8.78 Å². The molecule has 1 heterocycles. The predicted octanol–water partition coefficient (Wildman–Crippen LogP) is 1.04. The van der Waals surface area contributed by atoms with E-state index in [0.717, 1.165) is 0 Å². The molecule has 0 aromatic carbocycles. The number of nitrogens with one attached hydrogen (secondary N) is 2. The zero-order valence-electron chi connectivity index (χ0n) is 6.80. The Bertz CT molecular complexity index is 266. The summed E-state index contributed by atoms with van der Waals surface area (Å²) in [6.07, 6.45) is -0.898.